The van der Waals surface area contributed by atoms with Gasteiger partial charge in [-0.2, -0.15) is 0 Å². The van der Waals surface area contributed by atoms with E-state index in [4.69, 9.17) is 0 Å². The van der Waals surface area contributed by atoms with Crippen LogP contribution in [0.5, 0.6) is 0 Å². The van der Waals surface area contributed by atoms with E-state index in [1.807, 2.05) is 6.92 Å². The van der Waals surface area contributed by atoms with Crippen molar-refractivity contribution < 1.29 is 5.11 Å². The van der Waals surface area contributed by atoms with Gasteiger partial charge in [-0.3, -0.25) is 0 Å². The molecule has 1 rings (SSSR count). The Bertz CT molecular complexity index is 180. The van der Waals surface area contributed by atoms with Crippen molar-refractivity contribution in [3.05, 3.63) is 11.6 Å². The van der Waals surface area contributed by atoms with E-state index in [0.717, 1.165) is 11.8 Å². The summed E-state index contributed by atoms with van der Waals surface area (Å²) < 4.78 is 0. The van der Waals surface area contributed by atoms with Crippen molar-refractivity contribution in [2.75, 3.05) is 0 Å². The predicted octanol–water partition coefficient (Wildman–Crippen LogP) is 3.14. The Balaban J connectivity index is 2.67. The molecule has 1 aliphatic rings. The Hall–Kier alpha value is -0.300. The molecule has 2 atom stereocenters. The molecule has 0 saturated heterocycles. The Morgan fingerprint density at radius 1 is 1.31 bits per heavy atom. The third kappa shape index (κ3) is 3.15. The number of rotatable bonds is 2. The van der Waals surface area contributed by atoms with Crippen molar-refractivity contribution in [1.29, 1.82) is 0 Å². The van der Waals surface area contributed by atoms with Crippen LogP contribution in [0.2, 0.25) is 0 Å². The first-order valence-electron chi connectivity index (χ1n) is 5.50. The van der Waals surface area contributed by atoms with E-state index in [2.05, 4.69) is 19.9 Å². The first kappa shape index (κ1) is 10.8. The minimum atomic E-state index is -0.269. The second-order valence-corrected chi connectivity index (χ2v) is 4.58. The van der Waals surface area contributed by atoms with Crippen LogP contribution in [0.15, 0.2) is 11.6 Å². The summed E-state index contributed by atoms with van der Waals surface area (Å²) in [4.78, 5) is 0. The average molecular weight is 182 g/mol. The van der Waals surface area contributed by atoms with Crippen LogP contribution in [-0.4, -0.2) is 11.2 Å². The smallest absolute Gasteiger partial charge is 0.0695 e. The first-order chi connectivity index (χ1) is 6.11. The van der Waals surface area contributed by atoms with Gasteiger partial charge in [0.05, 0.1) is 6.10 Å². The fourth-order valence-electron chi connectivity index (χ4n) is 2.34. The van der Waals surface area contributed by atoms with Gasteiger partial charge in [0.15, 0.2) is 0 Å². The van der Waals surface area contributed by atoms with Crippen molar-refractivity contribution in [3.8, 4) is 0 Å². The van der Waals surface area contributed by atoms with Gasteiger partial charge in [-0.1, -0.05) is 31.9 Å². The fourth-order valence-corrected chi connectivity index (χ4v) is 2.34. The van der Waals surface area contributed by atoms with Crippen LogP contribution in [0.3, 0.4) is 0 Å². The molecular weight excluding hydrogens is 160 g/mol. The molecule has 1 aliphatic carbocycles. The molecule has 1 N–H and O–H groups in total. The fraction of sp³-hybridized carbons (Fsp3) is 0.833. The van der Waals surface area contributed by atoms with Gasteiger partial charge in [-0.25, -0.2) is 0 Å². The molecule has 0 heterocycles. The Morgan fingerprint density at radius 2 is 2.00 bits per heavy atom. The van der Waals surface area contributed by atoms with Gasteiger partial charge in [-0.15, -0.1) is 0 Å². The zero-order valence-electron chi connectivity index (χ0n) is 9.09. The van der Waals surface area contributed by atoms with Gasteiger partial charge in [0.1, 0.15) is 0 Å². The maximum Gasteiger partial charge on any atom is 0.0695 e. The lowest BCUT2D eigenvalue weighted by Crippen LogP contribution is -2.17. The highest BCUT2D eigenvalue weighted by Crippen LogP contribution is 2.34. The summed E-state index contributed by atoms with van der Waals surface area (Å²) in [5, 5.41) is 9.33. The maximum absolute atomic E-state index is 9.33. The molecule has 1 fully saturated rings. The minimum absolute atomic E-state index is 0.269. The average Bonchev–Trinajstić information content (AvgIpc) is 2.03. The lowest BCUT2D eigenvalue weighted by atomic mass is 9.77. The maximum atomic E-state index is 9.33. The molecule has 1 heteroatoms. The molecule has 1 nitrogen and oxygen atoms in total. The zero-order chi connectivity index (χ0) is 9.84. The van der Waals surface area contributed by atoms with Gasteiger partial charge >= 0.3 is 0 Å². The third-order valence-corrected chi connectivity index (χ3v) is 2.97. The second-order valence-electron chi connectivity index (χ2n) is 4.58. The molecule has 76 valence electrons. The van der Waals surface area contributed by atoms with Crippen molar-refractivity contribution in [1.82, 2.24) is 0 Å². The van der Waals surface area contributed by atoms with Crippen LogP contribution in [0, 0.1) is 11.8 Å². The Labute approximate surface area is 81.9 Å². The highest BCUT2D eigenvalue weighted by molar-refractivity contribution is 5.11. The number of hydrogen-bond donors (Lipinski definition) is 1. The zero-order valence-corrected chi connectivity index (χ0v) is 9.09. The van der Waals surface area contributed by atoms with E-state index in [0.29, 0.717) is 0 Å². The monoisotopic (exact) mass is 182 g/mol. The topological polar surface area (TPSA) is 20.2 Å². The molecule has 2 unspecified atom stereocenters. The third-order valence-electron chi connectivity index (χ3n) is 2.97. The molecule has 0 bridgehead atoms. The molecule has 0 aromatic heterocycles. The highest BCUT2D eigenvalue weighted by atomic mass is 16.3. The van der Waals surface area contributed by atoms with Crippen LogP contribution < -0.4 is 0 Å². The van der Waals surface area contributed by atoms with Crippen LogP contribution in [-0.2, 0) is 0 Å². The number of aliphatic hydroxyl groups excluding tert-OH is 1. The van der Waals surface area contributed by atoms with Gasteiger partial charge in [0.25, 0.3) is 0 Å². The standard InChI is InChI=1S/C12H22O/c1-9(2)12-7-5-4-6-11(12)8-10(3)13/h8-10,12-13H,4-7H2,1-3H3. The molecule has 0 spiro atoms. The Kier molecular flexibility index (Phi) is 3.98. The molecule has 0 radical (unpaired) electrons. The molecular formula is C12H22O. The minimum Gasteiger partial charge on any atom is -0.389 e. The Morgan fingerprint density at radius 3 is 2.54 bits per heavy atom. The summed E-state index contributed by atoms with van der Waals surface area (Å²) >= 11 is 0. The molecule has 0 aromatic carbocycles. The largest absolute Gasteiger partial charge is 0.389 e. The van der Waals surface area contributed by atoms with Crippen LogP contribution in [0.1, 0.15) is 46.5 Å². The summed E-state index contributed by atoms with van der Waals surface area (Å²) in [5.41, 5.74) is 1.50. The molecule has 1 saturated carbocycles. The predicted molar refractivity (Wildman–Crippen MR) is 56.6 cm³/mol. The number of aliphatic hydroxyl groups is 1. The lowest BCUT2D eigenvalue weighted by Gasteiger charge is -2.29. The number of allylic oxidation sites excluding steroid dienone is 1. The van der Waals surface area contributed by atoms with Gasteiger partial charge in [0.2, 0.25) is 0 Å². The molecule has 0 aromatic rings. The van der Waals surface area contributed by atoms with Gasteiger partial charge in [0, 0.05) is 0 Å². The van der Waals surface area contributed by atoms with Crippen molar-refractivity contribution in [3.63, 3.8) is 0 Å². The summed E-state index contributed by atoms with van der Waals surface area (Å²) in [6, 6.07) is 0. The van der Waals surface area contributed by atoms with E-state index in [1.165, 1.54) is 31.3 Å². The van der Waals surface area contributed by atoms with Crippen molar-refractivity contribution in [2.45, 2.75) is 52.6 Å². The van der Waals surface area contributed by atoms with Crippen molar-refractivity contribution >= 4 is 0 Å². The summed E-state index contributed by atoms with van der Waals surface area (Å²) in [6.45, 7) is 6.41. The quantitative estimate of drug-likeness (QED) is 0.650. The van der Waals surface area contributed by atoms with Crippen LogP contribution >= 0.6 is 0 Å². The van der Waals surface area contributed by atoms with Gasteiger partial charge in [-0.05, 0) is 38.0 Å². The van der Waals surface area contributed by atoms with Crippen molar-refractivity contribution in [2.24, 2.45) is 11.8 Å². The van der Waals surface area contributed by atoms with Crippen LogP contribution in [0.4, 0.5) is 0 Å². The van der Waals surface area contributed by atoms with Gasteiger partial charge < -0.3 is 5.11 Å². The summed E-state index contributed by atoms with van der Waals surface area (Å²) in [7, 11) is 0. The van der Waals surface area contributed by atoms with E-state index in [-0.39, 0.29) is 6.10 Å². The second kappa shape index (κ2) is 4.80. The number of hydrogen-bond acceptors (Lipinski definition) is 1. The van der Waals surface area contributed by atoms with Crippen LogP contribution in [0.25, 0.3) is 0 Å². The first-order valence-corrected chi connectivity index (χ1v) is 5.50. The lowest BCUT2D eigenvalue weighted by molar-refractivity contribution is 0.238. The molecule has 0 aliphatic heterocycles. The highest BCUT2D eigenvalue weighted by Gasteiger charge is 2.21. The van der Waals surface area contributed by atoms with E-state index < -0.39 is 0 Å². The SMILES string of the molecule is CC(O)C=C1CCCCC1C(C)C. The summed E-state index contributed by atoms with van der Waals surface area (Å²) in [5.74, 6) is 1.45. The molecule has 0 amide bonds. The van der Waals surface area contributed by atoms with E-state index >= 15 is 0 Å². The van der Waals surface area contributed by atoms with E-state index in [1.54, 1.807) is 0 Å². The summed E-state index contributed by atoms with van der Waals surface area (Å²) in [6.07, 6.45) is 6.98. The van der Waals surface area contributed by atoms with E-state index in [9.17, 15) is 5.11 Å². The normalized spacial score (nSPS) is 29.6. The molecule has 13 heavy (non-hydrogen) atoms.